The zero-order chi connectivity index (χ0) is 14.9. The van der Waals surface area contributed by atoms with E-state index in [0.717, 1.165) is 66.4 Å². The van der Waals surface area contributed by atoms with Crippen molar-refractivity contribution in [3.05, 3.63) is 41.1 Å². The van der Waals surface area contributed by atoms with Crippen molar-refractivity contribution in [2.45, 2.75) is 6.42 Å². The topological polar surface area (TPSA) is 38.0 Å². The van der Waals surface area contributed by atoms with E-state index in [2.05, 4.69) is 34.2 Å². The van der Waals surface area contributed by atoms with Gasteiger partial charge in [-0.1, -0.05) is 11.6 Å². The standard InChI is InChI=1S/C17H17ClN2O2/c18-14-5-6-19-15-11-16(22-17(14)15)12-1-3-13(4-2-12)20-7-9-21-10-8-20/h1-4,11H,5-10H2. The van der Waals surface area contributed by atoms with Crippen molar-refractivity contribution >= 4 is 22.3 Å². The first kappa shape index (κ1) is 13.9. The van der Waals surface area contributed by atoms with Gasteiger partial charge in [-0.25, -0.2) is 0 Å². The van der Waals surface area contributed by atoms with Gasteiger partial charge >= 0.3 is 0 Å². The number of nitrogens with zero attached hydrogens (tertiary/aromatic N) is 2. The summed E-state index contributed by atoms with van der Waals surface area (Å²) < 4.78 is 11.3. The summed E-state index contributed by atoms with van der Waals surface area (Å²) in [7, 11) is 0. The third kappa shape index (κ3) is 2.53. The number of furan rings is 1. The lowest BCUT2D eigenvalue weighted by Gasteiger charge is -2.28. The van der Waals surface area contributed by atoms with Crippen molar-refractivity contribution in [3.63, 3.8) is 0 Å². The largest absolute Gasteiger partial charge is 0.453 e. The average Bonchev–Trinajstić information content (AvgIpc) is 3.02. The Bertz CT molecular complexity index is 789. The summed E-state index contributed by atoms with van der Waals surface area (Å²) in [6.45, 7) is 4.21. The van der Waals surface area contributed by atoms with Crippen LogP contribution >= 0.6 is 11.6 Å². The molecule has 1 fully saturated rings. The van der Waals surface area contributed by atoms with Crippen molar-refractivity contribution in [1.82, 2.24) is 0 Å². The van der Waals surface area contributed by atoms with Gasteiger partial charge in [-0.05, 0) is 24.3 Å². The number of fused-ring (bicyclic) bond motifs is 1. The lowest BCUT2D eigenvalue weighted by Crippen LogP contribution is -2.36. The van der Waals surface area contributed by atoms with E-state index in [9.17, 15) is 0 Å². The minimum Gasteiger partial charge on any atom is -0.453 e. The molecule has 0 saturated carbocycles. The molecule has 0 spiro atoms. The molecule has 4 nitrogen and oxygen atoms in total. The van der Waals surface area contributed by atoms with Crippen LogP contribution in [0.2, 0.25) is 0 Å². The van der Waals surface area contributed by atoms with Crippen LogP contribution in [0.4, 0.5) is 5.69 Å². The maximum atomic E-state index is 6.22. The van der Waals surface area contributed by atoms with Crippen LogP contribution in [0, 0.1) is 0 Å². The molecular weight excluding hydrogens is 300 g/mol. The Morgan fingerprint density at radius 3 is 2.59 bits per heavy atom. The fourth-order valence-electron chi connectivity index (χ4n) is 2.88. The summed E-state index contributed by atoms with van der Waals surface area (Å²) >= 11 is 6.22. The lowest BCUT2D eigenvalue weighted by molar-refractivity contribution is 0.122. The molecule has 1 saturated heterocycles. The molecule has 2 aliphatic rings. The van der Waals surface area contributed by atoms with Crippen LogP contribution in [-0.4, -0.2) is 32.8 Å². The van der Waals surface area contributed by atoms with Crippen LogP contribution in [0.3, 0.4) is 0 Å². The van der Waals surface area contributed by atoms with Crippen LogP contribution in [0.5, 0.6) is 0 Å². The zero-order valence-corrected chi connectivity index (χ0v) is 13.0. The van der Waals surface area contributed by atoms with Crippen LogP contribution < -0.4 is 15.7 Å². The molecule has 0 N–H and O–H groups in total. The molecule has 22 heavy (non-hydrogen) atoms. The van der Waals surface area contributed by atoms with Crippen LogP contribution in [0.15, 0.2) is 39.7 Å². The molecule has 0 radical (unpaired) electrons. The van der Waals surface area contributed by atoms with E-state index in [1.165, 1.54) is 5.69 Å². The Balaban J connectivity index is 1.65. The van der Waals surface area contributed by atoms with E-state index in [0.29, 0.717) is 0 Å². The number of rotatable bonds is 2. The first-order chi connectivity index (χ1) is 10.8. The van der Waals surface area contributed by atoms with Gasteiger partial charge in [-0.3, -0.25) is 4.99 Å². The Labute approximate surface area is 133 Å². The maximum Gasteiger partial charge on any atom is 0.167 e. The highest BCUT2D eigenvalue weighted by atomic mass is 35.5. The number of benzene rings is 1. The zero-order valence-electron chi connectivity index (χ0n) is 12.2. The van der Waals surface area contributed by atoms with Crippen molar-refractivity contribution in [2.24, 2.45) is 4.99 Å². The van der Waals surface area contributed by atoms with E-state index in [-0.39, 0.29) is 0 Å². The molecule has 114 valence electrons. The first-order valence-corrected chi connectivity index (χ1v) is 7.95. The summed E-state index contributed by atoms with van der Waals surface area (Å²) in [5.41, 5.74) is 2.99. The molecular formula is C17H17ClN2O2. The van der Waals surface area contributed by atoms with Gasteiger partial charge in [-0.2, -0.15) is 0 Å². The maximum absolute atomic E-state index is 6.22. The van der Waals surface area contributed by atoms with Gasteiger partial charge in [0, 0.05) is 43.4 Å². The molecule has 1 aromatic heterocycles. The molecule has 1 aromatic carbocycles. The predicted octanol–water partition coefficient (Wildman–Crippen LogP) is 2.15. The first-order valence-electron chi connectivity index (χ1n) is 7.57. The number of anilines is 1. The molecule has 2 aliphatic heterocycles. The van der Waals surface area contributed by atoms with Crippen LogP contribution in [0.1, 0.15) is 6.42 Å². The average molecular weight is 317 g/mol. The Morgan fingerprint density at radius 2 is 1.86 bits per heavy atom. The minimum atomic E-state index is 0.722. The summed E-state index contributed by atoms with van der Waals surface area (Å²) in [6.07, 6.45) is 0.761. The summed E-state index contributed by atoms with van der Waals surface area (Å²) in [6, 6.07) is 10.4. The highest BCUT2D eigenvalue weighted by Crippen LogP contribution is 2.23. The second-order valence-electron chi connectivity index (χ2n) is 5.51. The van der Waals surface area contributed by atoms with E-state index < -0.39 is 0 Å². The summed E-state index contributed by atoms with van der Waals surface area (Å²) in [4.78, 5) is 6.79. The third-order valence-corrected chi connectivity index (χ3v) is 4.46. The molecule has 0 aliphatic carbocycles. The van der Waals surface area contributed by atoms with Gasteiger partial charge in [0.05, 0.1) is 18.2 Å². The fraction of sp³-hybridized carbons (Fsp3) is 0.353. The number of hydrogen-bond donors (Lipinski definition) is 0. The normalized spacial score (nSPS) is 18.0. The number of hydrogen-bond acceptors (Lipinski definition) is 4. The fourth-order valence-corrected chi connectivity index (χ4v) is 3.10. The second kappa shape index (κ2) is 5.78. The van der Waals surface area contributed by atoms with Gasteiger partial charge in [-0.15, -0.1) is 0 Å². The monoisotopic (exact) mass is 316 g/mol. The van der Waals surface area contributed by atoms with Crippen molar-refractivity contribution in [1.29, 1.82) is 0 Å². The molecule has 0 atom stereocenters. The molecule has 2 aromatic rings. The number of morpholine rings is 1. The van der Waals surface area contributed by atoms with Crippen molar-refractivity contribution in [3.8, 4) is 11.3 Å². The molecule has 5 heteroatoms. The highest BCUT2D eigenvalue weighted by molar-refractivity contribution is 6.44. The Morgan fingerprint density at radius 1 is 1.09 bits per heavy atom. The van der Waals surface area contributed by atoms with Gasteiger partial charge in [0.2, 0.25) is 0 Å². The lowest BCUT2D eigenvalue weighted by atomic mass is 10.1. The Kier molecular flexibility index (Phi) is 3.64. The van der Waals surface area contributed by atoms with E-state index in [4.69, 9.17) is 20.8 Å². The third-order valence-electron chi connectivity index (χ3n) is 4.10. The smallest absolute Gasteiger partial charge is 0.167 e. The predicted molar refractivity (Wildman–Crippen MR) is 86.7 cm³/mol. The molecule has 3 heterocycles. The van der Waals surface area contributed by atoms with Gasteiger partial charge in [0.15, 0.2) is 5.42 Å². The molecule has 0 bridgehead atoms. The quantitative estimate of drug-likeness (QED) is 0.852. The van der Waals surface area contributed by atoms with Crippen LogP contribution in [-0.2, 0) is 4.74 Å². The number of halogens is 1. The van der Waals surface area contributed by atoms with Gasteiger partial charge < -0.3 is 14.1 Å². The summed E-state index contributed by atoms with van der Waals surface area (Å²) in [5, 5.41) is 1.63. The molecule has 0 amide bonds. The SMILES string of the molecule is ClC1=c2oc(-c3ccc(N4CCOCC4)cc3)cc2=NCC1. The highest BCUT2D eigenvalue weighted by Gasteiger charge is 2.13. The molecule has 0 unspecified atom stereocenters. The van der Waals surface area contributed by atoms with E-state index >= 15 is 0 Å². The van der Waals surface area contributed by atoms with Gasteiger partial charge in [0.25, 0.3) is 0 Å². The van der Waals surface area contributed by atoms with Gasteiger partial charge in [0.1, 0.15) is 11.1 Å². The van der Waals surface area contributed by atoms with Crippen molar-refractivity contribution in [2.75, 3.05) is 37.7 Å². The number of ether oxygens (including phenoxy) is 1. The van der Waals surface area contributed by atoms with Crippen LogP contribution in [0.25, 0.3) is 16.4 Å². The van der Waals surface area contributed by atoms with E-state index in [1.54, 1.807) is 0 Å². The summed E-state index contributed by atoms with van der Waals surface area (Å²) in [5.74, 6) is 0.822. The Hall–Kier alpha value is -1.78. The van der Waals surface area contributed by atoms with E-state index in [1.807, 2.05) is 6.07 Å². The van der Waals surface area contributed by atoms with Crippen molar-refractivity contribution < 1.29 is 9.15 Å². The second-order valence-corrected chi connectivity index (χ2v) is 5.96. The molecule has 4 rings (SSSR count). The minimum absolute atomic E-state index is 0.722.